The molecule has 0 aliphatic carbocycles. The third-order valence-electron chi connectivity index (χ3n) is 2.87. The predicted octanol–water partition coefficient (Wildman–Crippen LogP) is 2.78. The van der Waals surface area contributed by atoms with Gasteiger partial charge in [0.2, 0.25) is 0 Å². The second-order valence-electron chi connectivity index (χ2n) is 4.49. The van der Waals surface area contributed by atoms with E-state index in [2.05, 4.69) is 9.98 Å². The molecule has 0 unspecified atom stereocenters. The van der Waals surface area contributed by atoms with Gasteiger partial charge in [-0.2, -0.15) is 10.5 Å². The largest absolute Gasteiger partial charge is 0.388 e. The second-order valence-corrected chi connectivity index (χ2v) is 5.56. The van der Waals surface area contributed by atoms with Crippen LogP contribution in [0.2, 0.25) is 0 Å². The van der Waals surface area contributed by atoms with Gasteiger partial charge in [0.15, 0.2) is 5.70 Å². The van der Waals surface area contributed by atoms with Gasteiger partial charge in [-0.1, -0.05) is 17.8 Å². The van der Waals surface area contributed by atoms with E-state index in [9.17, 15) is 10.1 Å². The summed E-state index contributed by atoms with van der Waals surface area (Å²) in [5.74, 6) is 0. The first kappa shape index (κ1) is 17.7. The molecule has 122 valence electrons. The van der Waals surface area contributed by atoms with Crippen molar-refractivity contribution in [2.75, 3.05) is 0 Å². The van der Waals surface area contributed by atoms with Crippen LogP contribution in [-0.2, 0) is 0 Å². The summed E-state index contributed by atoms with van der Waals surface area (Å²) in [7, 11) is 0. The maximum absolute atomic E-state index is 11.0. The fraction of sp³-hybridized carbons (Fsp3) is 0. The van der Waals surface area contributed by atoms with Crippen molar-refractivity contribution in [1.29, 1.82) is 10.5 Å². The minimum atomic E-state index is -0.531. The maximum atomic E-state index is 11.0. The number of hydrogen-bond acceptors (Lipinski definition) is 8. The number of non-ortho nitro benzene ring substituents is 1. The Morgan fingerprint density at radius 1 is 1.32 bits per heavy atom. The molecule has 0 saturated heterocycles. The molecular formula is C16H10N6O2S. The van der Waals surface area contributed by atoms with Crippen LogP contribution in [0, 0.1) is 32.8 Å². The lowest BCUT2D eigenvalue weighted by molar-refractivity contribution is -0.384. The molecule has 0 fully saturated rings. The van der Waals surface area contributed by atoms with Crippen molar-refractivity contribution in [2.45, 2.75) is 9.92 Å². The zero-order valence-corrected chi connectivity index (χ0v) is 13.5. The number of nitrogens with zero attached hydrogens (tertiary/aromatic N) is 5. The summed E-state index contributed by atoms with van der Waals surface area (Å²) < 4.78 is 0. The predicted molar refractivity (Wildman–Crippen MR) is 91.5 cm³/mol. The third kappa shape index (κ3) is 4.64. The van der Waals surface area contributed by atoms with Crippen LogP contribution in [-0.4, -0.2) is 16.1 Å². The molecule has 2 aromatic rings. The molecule has 2 rings (SSSR count). The topological polar surface area (TPSA) is 142 Å². The SMILES string of the molecule is N#CC(N)=C(C#N)N=Cc1cc([N+](=O)[O-])ccc1Sc1ccccn1. The quantitative estimate of drug-likeness (QED) is 0.378. The van der Waals surface area contributed by atoms with Crippen LogP contribution >= 0.6 is 11.8 Å². The molecule has 0 spiro atoms. The van der Waals surface area contributed by atoms with Crippen molar-refractivity contribution < 1.29 is 4.92 Å². The monoisotopic (exact) mass is 350 g/mol. The molecule has 8 nitrogen and oxygen atoms in total. The Bertz CT molecular complexity index is 941. The first-order chi connectivity index (χ1) is 12.0. The number of nitrogens with two attached hydrogens (primary N) is 1. The number of aromatic nitrogens is 1. The van der Waals surface area contributed by atoms with Crippen molar-refractivity contribution >= 4 is 23.7 Å². The van der Waals surface area contributed by atoms with Gasteiger partial charge in [0.05, 0.1) is 4.92 Å². The summed E-state index contributed by atoms with van der Waals surface area (Å²) in [6.07, 6.45) is 2.90. The van der Waals surface area contributed by atoms with E-state index in [4.69, 9.17) is 16.3 Å². The smallest absolute Gasteiger partial charge is 0.270 e. The standard InChI is InChI=1S/C16H10N6O2S/c17-8-13(19)14(9-18)21-10-11-7-12(22(23)24)4-5-15(11)25-16-3-1-2-6-20-16/h1-7,10H,19H2. The lowest BCUT2D eigenvalue weighted by atomic mass is 10.2. The molecule has 0 aliphatic heterocycles. The van der Waals surface area contributed by atoms with Gasteiger partial charge in [0, 0.05) is 35.0 Å². The molecule has 2 N–H and O–H groups in total. The number of nitro benzene ring substituents is 1. The lowest BCUT2D eigenvalue weighted by Crippen LogP contribution is -1.98. The number of aliphatic imine (C=N–C) groups is 1. The van der Waals surface area contributed by atoms with Gasteiger partial charge >= 0.3 is 0 Å². The fourth-order valence-corrected chi connectivity index (χ4v) is 2.56. The van der Waals surface area contributed by atoms with Gasteiger partial charge in [-0.15, -0.1) is 0 Å². The van der Waals surface area contributed by atoms with E-state index in [1.54, 1.807) is 36.5 Å². The molecule has 0 radical (unpaired) electrons. The molecule has 0 saturated carbocycles. The molecule has 0 aliphatic rings. The van der Waals surface area contributed by atoms with E-state index >= 15 is 0 Å². The van der Waals surface area contributed by atoms with Crippen molar-refractivity contribution in [3.05, 3.63) is 69.7 Å². The Labute approximate surface area is 147 Å². The molecule has 25 heavy (non-hydrogen) atoms. The zero-order chi connectivity index (χ0) is 18.2. The summed E-state index contributed by atoms with van der Waals surface area (Å²) in [5, 5.41) is 29.4. The Hall–Kier alpha value is -3.69. The summed E-state index contributed by atoms with van der Waals surface area (Å²) in [6.45, 7) is 0. The highest BCUT2D eigenvalue weighted by atomic mass is 32.2. The van der Waals surface area contributed by atoms with Crippen LogP contribution in [0.25, 0.3) is 0 Å². The number of allylic oxidation sites excluding steroid dienone is 2. The van der Waals surface area contributed by atoms with Gasteiger partial charge in [-0.3, -0.25) is 10.1 Å². The number of hydrogen-bond donors (Lipinski definition) is 1. The van der Waals surface area contributed by atoms with Crippen molar-refractivity contribution in [3.8, 4) is 12.1 Å². The summed E-state index contributed by atoms with van der Waals surface area (Å²) in [4.78, 5) is 19.2. The van der Waals surface area contributed by atoms with Gasteiger partial charge in [0.1, 0.15) is 22.9 Å². The second kappa shape index (κ2) is 8.24. The molecule has 0 amide bonds. The Balaban J connectivity index is 2.46. The number of benzene rings is 1. The summed E-state index contributed by atoms with van der Waals surface area (Å²) >= 11 is 1.29. The highest BCUT2D eigenvalue weighted by molar-refractivity contribution is 7.99. The normalized spacial score (nSPS) is 11.4. The van der Waals surface area contributed by atoms with Gasteiger partial charge < -0.3 is 5.73 Å². The number of nitriles is 2. The molecule has 1 aromatic carbocycles. The molecule has 0 atom stereocenters. The highest BCUT2D eigenvalue weighted by Crippen LogP contribution is 2.30. The first-order valence-corrected chi connectivity index (χ1v) is 7.58. The van der Waals surface area contributed by atoms with E-state index in [-0.39, 0.29) is 17.1 Å². The minimum absolute atomic E-state index is 0.123. The van der Waals surface area contributed by atoms with E-state index in [0.717, 1.165) is 0 Å². The van der Waals surface area contributed by atoms with Crippen molar-refractivity contribution in [1.82, 2.24) is 4.98 Å². The van der Waals surface area contributed by atoms with Crippen LogP contribution in [0.5, 0.6) is 0 Å². The molecule has 0 bridgehead atoms. The van der Waals surface area contributed by atoms with E-state index < -0.39 is 4.92 Å². The number of pyridine rings is 1. The van der Waals surface area contributed by atoms with E-state index in [0.29, 0.717) is 15.5 Å². The summed E-state index contributed by atoms with van der Waals surface area (Å²) in [5.41, 5.74) is 5.08. The average Bonchev–Trinajstić information content (AvgIpc) is 2.63. The number of nitro groups is 1. The van der Waals surface area contributed by atoms with Crippen molar-refractivity contribution in [3.63, 3.8) is 0 Å². The summed E-state index contributed by atoms with van der Waals surface area (Å²) in [6, 6.07) is 13.0. The molecule has 1 aromatic heterocycles. The Morgan fingerprint density at radius 3 is 2.72 bits per heavy atom. The van der Waals surface area contributed by atoms with Crippen LogP contribution in [0.4, 0.5) is 5.69 Å². The molecular weight excluding hydrogens is 340 g/mol. The van der Waals surface area contributed by atoms with E-state index in [1.165, 1.54) is 30.1 Å². The highest BCUT2D eigenvalue weighted by Gasteiger charge is 2.11. The minimum Gasteiger partial charge on any atom is -0.388 e. The van der Waals surface area contributed by atoms with E-state index in [1.807, 2.05) is 6.07 Å². The first-order valence-electron chi connectivity index (χ1n) is 6.76. The number of rotatable bonds is 5. The van der Waals surface area contributed by atoms with Gasteiger partial charge in [0.25, 0.3) is 5.69 Å². The maximum Gasteiger partial charge on any atom is 0.270 e. The van der Waals surface area contributed by atoms with Crippen LogP contribution in [0.1, 0.15) is 5.56 Å². The third-order valence-corrected chi connectivity index (χ3v) is 3.91. The zero-order valence-electron chi connectivity index (χ0n) is 12.7. The molecule has 9 heteroatoms. The van der Waals surface area contributed by atoms with Crippen LogP contribution in [0.15, 0.2) is 68.9 Å². The van der Waals surface area contributed by atoms with Gasteiger partial charge in [-0.25, -0.2) is 9.98 Å². The lowest BCUT2D eigenvalue weighted by Gasteiger charge is -2.05. The fourth-order valence-electron chi connectivity index (χ4n) is 1.71. The Morgan fingerprint density at radius 2 is 2.12 bits per heavy atom. The average molecular weight is 350 g/mol. The van der Waals surface area contributed by atoms with Crippen molar-refractivity contribution in [2.24, 2.45) is 10.7 Å². The molecule has 1 heterocycles. The Kier molecular flexibility index (Phi) is 5.82. The van der Waals surface area contributed by atoms with Crippen LogP contribution in [0.3, 0.4) is 0 Å². The van der Waals surface area contributed by atoms with Crippen LogP contribution < -0.4 is 5.73 Å². The van der Waals surface area contributed by atoms with Gasteiger partial charge in [-0.05, 0) is 18.2 Å².